The largest absolute Gasteiger partial charge is 0.478 e. The van der Waals surface area contributed by atoms with E-state index in [0.717, 1.165) is 5.56 Å². The van der Waals surface area contributed by atoms with Crippen molar-refractivity contribution in [3.05, 3.63) is 47.7 Å². The van der Waals surface area contributed by atoms with Gasteiger partial charge in [0.2, 0.25) is 0 Å². The first-order valence-electron chi connectivity index (χ1n) is 5.37. The molecule has 0 spiro atoms. The number of aliphatic carboxylic acids is 1. The molecule has 0 aliphatic heterocycles. The van der Waals surface area contributed by atoms with Crippen molar-refractivity contribution in [2.75, 3.05) is 6.54 Å². The van der Waals surface area contributed by atoms with Crippen LogP contribution in [0.15, 0.2) is 46.5 Å². The van der Waals surface area contributed by atoms with Gasteiger partial charge >= 0.3 is 5.97 Å². The lowest BCUT2D eigenvalue weighted by molar-refractivity contribution is -0.132. The van der Waals surface area contributed by atoms with Gasteiger partial charge in [-0.1, -0.05) is 35.5 Å². The highest BCUT2D eigenvalue weighted by molar-refractivity contribution is 5.92. The van der Waals surface area contributed by atoms with Gasteiger partial charge in [0.25, 0.3) is 0 Å². The zero-order valence-corrected chi connectivity index (χ0v) is 9.54. The van der Waals surface area contributed by atoms with E-state index in [0.29, 0.717) is 11.5 Å². The normalized spacial score (nSPS) is 11.5. The molecule has 0 saturated carbocycles. The molecule has 0 bridgehead atoms. The predicted octanol–water partition coefficient (Wildman–Crippen LogP) is 1.77. The van der Waals surface area contributed by atoms with Crippen molar-refractivity contribution in [3.8, 4) is 11.3 Å². The van der Waals surface area contributed by atoms with Crippen molar-refractivity contribution in [1.29, 1.82) is 0 Å². The van der Waals surface area contributed by atoms with Crippen LogP contribution in [0, 0.1) is 0 Å². The summed E-state index contributed by atoms with van der Waals surface area (Å²) in [5.41, 5.74) is 6.97. The summed E-state index contributed by atoms with van der Waals surface area (Å²) in [6, 6.07) is 11.2. The highest BCUT2D eigenvalue weighted by Crippen LogP contribution is 2.19. The first-order valence-corrected chi connectivity index (χ1v) is 5.37. The molecule has 0 fully saturated rings. The summed E-state index contributed by atoms with van der Waals surface area (Å²) in [7, 11) is 0. The van der Waals surface area contributed by atoms with Gasteiger partial charge in [-0.25, -0.2) is 4.79 Å². The van der Waals surface area contributed by atoms with Crippen molar-refractivity contribution < 1.29 is 14.4 Å². The highest BCUT2D eigenvalue weighted by atomic mass is 16.5. The second-order valence-electron chi connectivity index (χ2n) is 3.66. The molecule has 3 N–H and O–H groups in total. The topological polar surface area (TPSA) is 89.4 Å². The smallest absolute Gasteiger partial charge is 0.333 e. The van der Waals surface area contributed by atoms with Gasteiger partial charge in [-0.15, -0.1) is 0 Å². The zero-order valence-electron chi connectivity index (χ0n) is 9.54. The van der Waals surface area contributed by atoms with E-state index in [2.05, 4.69) is 5.16 Å². The van der Waals surface area contributed by atoms with Crippen LogP contribution in [0.4, 0.5) is 0 Å². The Kier molecular flexibility index (Phi) is 3.54. The maximum Gasteiger partial charge on any atom is 0.333 e. The number of carboxylic acids is 1. The van der Waals surface area contributed by atoms with Crippen LogP contribution in [0.5, 0.6) is 0 Å². The Morgan fingerprint density at radius 3 is 2.72 bits per heavy atom. The minimum absolute atomic E-state index is 0.0588. The Morgan fingerprint density at radius 1 is 1.39 bits per heavy atom. The van der Waals surface area contributed by atoms with Gasteiger partial charge < -0.3 is 15.4 Å². The third kappa shape index (κ3) is 2.64. The Labute approximate surface area is 104 Å². The molecule has 0 unspecified atom stereocenters. The van der Waals surface area contributed by atoms with E-state index < -0.39 is 5.97 Å². The molecule has 0 aliphatic rings. The molecule has 1 aromatic heterocycles. The van der Waals surface area contributed by atoms with Gasteiger partial charge in [-0.05, 0) is 6.08 Å². The Hall–Kier alpha value is -2.40. The lowest BCUT2D eigenvalue weighted by atomic mass is 10.1. The fourth-order valence-electron chi connectivity index (χ4n) is 1.48. The second kappa shape index (κ2) is 5.29. The standard InChI is InChI=1S/C13H12N2O3/c14-8-10(13(16)17)6-11-7-12(15-18-11)9-4-2-1-3-5-9/h1-7H,8,14H2,(H,16,17)/b10-6+. The molecule has 0 amide bonds. The Morgan fingerprint density at radius 2 is 2.11 bits per heavy atom. The van der Waals surface area contributed by atoms with Gasteiger partial charge in [0.1, 0.15) is 5.69 Å². The molecule has 92 valence electrons. The van der Waals surface area contributed by atoms with Crippen molar-refractivity contribution in [2.24, 2.45) is 5.73 Å². The average Bonchev–Trinajstić information content (AvgIpc) is 2.85. The lowest BCUT2D eigenvalue weighted by Gasteiger charge is -1.94. The van der Waals surface area contributed by atoms with Crippen LogP contribution in [0.25, 0.3) is 17.3 Å². The summed E-state index contributed by atoms with van der Waals surface area (Å²) >= 11 is 0. The molecule has 18 heavy (non-hydrogen) atoms. The number of rotatable bonds is 4. The van der Waals surface area contributed by atoms with Gasteiger partial charge in [0.05, 0.1) is 5.57 Å². The molecule has 5 heteroatoms. The molecule has 0 aliphatic carbocycles. The summed E-state index contributed by atoms with van der Waals surface area (Å²) < 4.78 is 5.06. The zero-order chi connectivity index (χ0) is 13.0. The predicted molar refractivity (Wildman–Crippen MR) is 66.6 cm³/mol. The van der Waals surface area contributed by atoms with E-state index in [9.17, 15) is 4.79 Å². The molecule has 2 aromatic rings. The van der Waals surface area contributed by atoms with E-state index in [1.165, 1.54) is 6.08 Å². The number of aromatic nitrogens is 1. The van der Waals surface area contributed by atoms with E-state index >= 15 is 0 Å². The number of benzene rings is 1. The van der Waals surface area contributed by atoms with E-state index in [4.69, 9.17) is 15.4 Å². The summed E-state index contributed by atoms with van der Waals surface area (Å²) in [4.78, 5) is 10.8. The van der Waals surface area contributed by atoms with Crippen LogP contribution in [-0.2, 0) is 4.79 Å². The number of nitrogens with zero attached hydrogens (tertiary/aromatic N) is 1. The molecule has 1 heterocycles. The van der Waals surface area contributed by atoms with Crippen LogP contribution in [0.3, 0.4) is 0 Å². The molecular formula is C13H12N2O3. The van der Waals surface area contributed by atoms with Crippen molar-refractivity contribution in [2.45, 2.75) is 0 Å². The van der Waals surface area contributed by atoms with Crippen molar-refractivity contribution in [1.82, 2.24) is 5.16 Å². The third-order valence-corrected chi connectivity index (χ3v) is 2.41. The summed E-state index contributed by atoms with van der Waals surface area (Å²) in [6.45, 7) is -0.0588. The number of carbonyl (C=O) groups is 1. The molecule has 0 radical (unpaired) electrons. The summed E-state index contributed by atoms with van der Waals surface area (Å²) in [5, 5.41) is 12.7. The first-order chi connectivity index (χ1) is 8.70. The average molecular weight is 244 g/mol. The number of hydrogen-bond acceptors (Lipinski definition) is 4. The molecule has 5 nitrogen and oxygen atoms in total. The summed E-state index contributed by atoms with van der Waals surface area (Å²) in [6.07, 6.45) is 1.38. The fraction of sp³-hybridized carbons (Fsp3) is 0.0769. The molecular weight excluding hydrogens is 232 g/mol. The van der Waals surface area contributed by atoms with Crippen LogP contribution in [0.1, 0.15) is 5.76 Å². The lowest BCUT2D eigenvalue weighted by Crippen LogP contribution is -2.11. The maximum atomic E-state index is 10.8. The van der Waals surface area contributed by atoms with Crippen molar-refractivity contribution in [3.63, 3.8) is 0 Å². The molecule has 2 rings (SSSR count). The maximum absolute atomic E-state index is 10.8. The van der Waals surface area contributed by atoms with Crippen LogP contribution in [0.2, 0.25) is 0 Å². The molecule has 1 aromatic carbocycles. The Bertz CT molecular complexity index is 573. The molecule has 0 saturated heterocycles. The van der Waals surface area contributed by atoms with Gasteiger partial charge in [-0.2, -0.15) is 0 Å². The minimum Gasteiger partial charge on any atom is -0.478 e. The fourth-order valence-corrected chi connectivity index (χ4v) is 1.48. The minimum atomic E-state index is -1.06. The SMILES string of the molecule is NC/C(=C\c1cc(-c2ccccc2)no1)C(=O)O. The summed E-state index contributed by atoms with van der Waals surface area (Å²) in [5.74, 6) is -0.688. The number of hydrogen-bond donors (Lipinski definition) is 2. The monoisotopic (exact) mass is 244 g/mol. The Balaban J connectivity index is 2.29. The number of carboxylic acid groups (broad SMARTS) is 1. The first kappa shape index (κ1) is 12.1. The van der Waals surface area contributed by atoms with Crippen LogP contribution >= 0.6 is 0 Å². The van der Waals surface area contributed by atoms with Gasteiger partial charge in [0.15, 0.2) is 5.76 Å². The van der Waals surface area contributed by atoms with Gasteiger partial charge in [0, 0.05) is 18.2 Å². The quantitative estimate of drug-likeness (QED) is 0.800. The van der Waals surface area contributed by atoms with E-state index in [1.54, 1.807) is 6.07 Å². The van der Waals surface area contributed by atoms with E-state index in [1.807, 2.05) is 30.3 Å². The van der Waals surface area contributed by atoms with Gasteiger partial charge in [-0.3, -0.25) is 0 Å². The van der Waals surface area contributed by atoms with Crippen LogP contribution < -0.4 is 5.73 Å². The highest BCUT2D eigenvalue weighted by Gasteiger charge is 2.09. The van der Waals surface area contributed by atoms with Crippen LogP contribution in [-0.4, -0.2) is 22.8 Å². The van der Waals surface area contributed by atoms with E-state index in [-0.39, 0.29) is 12.1 Å². The molecule has 0 atom stereocenters. The second-order valence-corrected chi connectivity index (χ2v) is 3.66. The third-order valence-electron chi connectivity index (χ3n) is 2.41. The van der Waals surface area contributed by atoms with Crippen molar-refractivity contribution >= 4 is 12.0 Å². The number of nitrogens with two attached hydrogens (primary N) is 1.